The standard InChI is InChI=1S/C17H26O10/c1-9(18)24-8-13-16(26-11(3)20)15(25-10(2)19)12(17(23-5)27-13)6-7-14(21)22-4/h12-13,15-17H,6-8H2,1-5H3/t12-,13-,15-,16+,17+/m1/s1. The van der Waals surface area contributed by atoms with Gasteiger partial charge in [0.25, 0.3) is 0 Å². The van der Waals surface area contributed by atoms with E-state index in [0.29, 0.717) is 0 Å². The van der Waals surface area contributed by atoms with Crippen molar-refractivity contribution in [2.24, 2.45) is 5.92 Å². The van der Waals surface area contributed by atoms with Gasteiger partial charge in [0.2, 0.25) is 0 Å². The summed E-state index contributed by atoms with van der Waals surface area (Å²) in [7, 11) is 2.64. The number of hydrogen-bond acceptors (Lipinski definition) is 10. The fraction of sp³-hybridized carbons (Fsp3) is 0.765. The summed E-state index contributed by atoms with van der Waals surface area (Å²) in [4.78, 5) is 45.9. The van der Waals surface area contributed by atoms with Gasteiger partial charge in [0.05, 0.1) is 13.0 Å². The average molecular weight is 390 g/mol. The van der Waals surface area contributed by atoms with Crippen molar-refractivity contribution in [3.8, 4) is 0 Å². The average Bonchev–Trinajstić information content (AvgIpc) is 2.59. The molecule has 0 bridgehead atoms. The van der Waals surface area contributed by atoms with E-state index in [2.05, 4.69) is 4.74 Å². The molecule has 0 aromatic rings. The van der Waals surface area contributed by atoms with Gasteiger partial charge >= 0.3 is 23.9 Å². The fourth-order valence-corrected chi connectivity index (χ4v) is 2.89. The van der Waals surface area contributed by atoms with E-state index < -0.39 is 54.4 Å². The van der Waals surface area contributed by atoms with Gasteiger partial charge in [-0.05, 0) is 6.42 Å². The maximum atomic E-state index is 11.6. The Morgan fingerprint density at radius 1 is 0.889 bits per heavy atom. The molecule has 5 atom stereocenters. The highest BCUT2D eigenvalue weighted by atomic mass is 16.7. The molecule has 1 aliphatic rings. The van der Waals surface area contributed by atoms with Gasteiger partial charge in [-0.25, -0.2) is 0 Å². The molecule has 0 unspecified atom stereocenters. The number of methoxy groups -OCH3 is 2. The molecule has 1 heterocycles. The Hall–Kier alpha value is -2.20. The van der Waals surface area contributed by atoms with Crippen molar-refractivity contribution in [1.29, 1.82) is 0 Å². The maximum Gasteiger partial charge on any atom is 0.305 e. The molecule has 0 aromatic carbocycles. The van der Waals surface area contributed by atoms with E-state index in [1.54, 1.807) is 0 Å². The molecule has 0 saturated carbocycles. The van der Waals surface area contributed by atoms with Crippen molar-refractivity contribution in [1.82, 2.24) is 0 Å². The first kappa shape index (κ1) is 22.8. The van der Waals surface area contributed by atoms with E-state index in [1.165, 1.54) is 35.0 Å². The smallest absolute Gasteiger partial charge is 0.305 e. The van der Waals surface area contributed by atoms with Crippen LogP contribution in [0.2, 0.25) is 0 Å². The van der Waals surface area contributed by atoms with Crippen LogP contribution >= 0.6 is 0 Å². The van der Waals surface area contributed by atoms with Gasteiger partial charge in [0, 0.05) is 34.3 Å². The first-order chi connectivity index (χ1) is 12.7. The molecule has 0 aromatic heterocycles. The molecular formula is C17H26O10. The normalized spacial score (nSPS) is 27.4. The van der Waals surface area contributed by atoms with E-state index in [1.807, 2.05) is 0 Å². The lowest BCUT2D eigenvalue weighted by Gasteiger charge is -2.44. The maximum absolute atomic E-state index is 11.6. The highest BCUT2D eigenvalue weighted by molar-refractivity contribution is 5.69. The van der Waals surface area contributed by atoms with Crippen LogP contribution in [-0.2, 0) is 47.6 Å². The Labute approximate surface area is 157 Å². The van der Waals surface area contributed by atoms with Gasteiger partial charge in [-0.3, -0.25) is 19.2 Å². The summed E-state index contributed by atoms with van der Waals surface area (Å²) in [6, 6.07) is 0. The minimum Gasteiger partial charge on any atom is -0.469 e. The lowest BCUT2D eigenvalue weighted by Crippen LogP contribution is -2.59. The molecular weight excluding hydrogens is 364 g/mol. The second-order valence-electron chi connectivity index (χ2n) is 6.01. The number of ether oxygens (including phenoxy) is 6. The van der Waals surface area contributed by atoms with Crippen LogP contribution in [0.25, 0.3) is 0 Å². The zero-order valence-electron chi connectivity index (χ0n) is 16.1. The van der Waals surface area contributed by atoms with Crippen LogP contribution in [0.15, 0.2) is 0 Å². The molecule has 1 rings (SSSR count). The van der Waals surface area contributed by atoms with Gasteiger partial charge in [0.15, 0.2) is 12.4 Å². The van der Waals surface area contributed by atoms with E-state index in [4.69, 9.17) is 23.7 Å². The van der Waals surface area contributed by atoms with Crippen molar-refractivity contribution in [3.63, 3.8) is 0 Å². The third kappa shape index (κ3) is 7.14. The van der Waals surface area contributed by atoms with Crippen molar-refractivity contribution in [2.45, 2.75) is 58.2 Å². The molecule has 10 nitrogen and oxygen atoms in total. The van der Waals surface area contributed by atoms with E-state index >= 15 is 0 Å². The lowest BCUT2D eigenvalue weighted by atomic mass is 9.87. The first-order valence-corrected chi connectivity index (χ1v) is 8.42. The third-order valence-electron chi connectivity index (χ3n) is 3.97. The van der Waals surface area contributed by atoms with Crippen molar-refractivity contribution in [3.05, 3.63) is 0 Å². The van der Waals surface area contributed by atoms with Gasteiger partial charge in [0.1, 0.15) is 18.8 Å². The molecule has 10 heteroatoms. The molecule has 0 N–H and O–H groups in total. The van der Waals surface area contributed by atoms with Crippen molar-refractivity contribution in [2.75, 3.05) is 20.8 Å². The highest BCUT2D eigenvalue weighted by Crippen LogP contribution is 2.34. The van der Waals surface area contributed by atoms with Crippen LogP contribution in [0.5, 0.6) is 0 Å². The highest BCUT2D eigenvalue weighted by Gasteiger charge is 2.50. The van der Waals surface area contributed by atoms with E-state index in [9.17, 15) is 19.2 Å². The predicted octanol–water partition coefficient (Wildman–Crippen LogP) is 0.354. The number of rotatable bonds is 8. The summed E-state index contributed by atoms with van der Waals surface area (Å²) in [6.07, 6.45) is -3.59. The van der Waals surface area contributed by atoms with Gasteiger partial charge in [-0.15, -0.1) is 0 Å². The van der Waals surface area contributed by atoms with Gasteiger partial charge in [-0.2, -0.15) is 0 Å². The zero-order chi connectivity index (χ0) is 20.6. The second-order valence-corrected chi connectivity index (χ2v) is 6.01. The van der Waals surface area contributed by atoms with Gasteiger partial charge in [-0.1, -0.05) is 0 Å². The minimum absolute atomic E-state index is 0.0174. The fourth-order valence-electron chi connectivity index (χ4n) is 2.89. The van der Waals surface area contributed by atoms with Crippen molar-refractivity contribution < 1.29 is 47.6 Å². The number of esters is 4. The first-order valence-electron chi connectivity index (χ1n) is 8.42. The number of carbonyl (C=O) groups excluding carboxylic acids is 4. The molecule has 1 aliphatic heterocycles. The summed E-state index contributed by atoms with van der Waals surface area (Å²) in [6.45, 7) is 3.40. The molecule has 0 amide bonds. The lowest BCUT2D eigenvalue weighted by molar-refractivity contribution is -0.286. The molecule has 0 radical (unpaired) electrons. The second kappa shape index (κ2) is 10.8. The summed E-state index contributed by atoms with van der Waals surface area (Å²) in [5.41, 5.74) is 0. The van der Waals surface area contributed by atoms with Gasteiger partial charge < -0.3 is 28.4 Å². The molecule has 154 valence electrons. The minimum atomic E-state index is -1.04. The molecule has 1 fully saturated rings. The Kier molecular flexibility index (Phi) is 9.16. The van der Waals surface area contributed by atoms with Crippen LogP contribution in [0.3, 0.4) is 0 Å². The van der Waals surface area contributed by atoms with Crippen LogP contribution in [-0.4, -0.2) is 69.3 Å². The van der Waals surface area contributed by atoms with Crippen LogP contribution in [0, 0.1) is 5.92 Å². The summed E-state index contributed by atoms with van der Waals surface area (Å²) in [5.74, 6) is -2.86. The van der Waals surface area contributed by atoms with Crippen molar-refractivity contribution >= 4 is 23.9 Å². The Bertz CT molecular complexity index is 546. The number of hydrogen-bond donors (Lipinski definition) is 0. The van der Waals surface area contributed by atoms with Crippen LogP contribution in [0.1, 0.15) is 33.6 Å². The monoisotopic (exact) mass is 390 g/mol. The Morgan fingerprint density at radius 3 is 1.96 bits per heavy atom. The molecule has 0 spiro atoms. The summed E-state index contributed by atoms with van der Waals surface area (Å²) < 4.78 is 31.4. The number of carbonyl (C=O) groups is 4. The quantitative estimate of drug-likeness (QED) is 0.423. The van der Waals surface area contributed by atoms with E-state index in [-0.39, 0.29) is 19.4 Å². The summed E-state index contributed by atoms with van der Waals surface area (Å²) in [5, 5.41) is 0. The SMILES string of the molecule is COC(=O)CC[C@H]1[C@@H](OC)O[C@H](COC(C)=O)[C@H](OC(C)=O)[C@@H]1OC(C)=O. The Morgan fingerprint density at radius 2 is 1.48 bits per heavy atom. The zero-order valence-corrected chi connectivity index (χ0v) is 16.1. The predicted molar refractivity (Wildman–Crippen MR) is 88.2 cm³/mol. The summed E-state index contributed by atoms with van der Waals surface area (Å²) >= 11 is 0. The molecule has 27 heavy (non-hydrogen) atoms. The van der Waals surface area contributed by atoms with E-state index in [0.717, 1.165) is 0 Å². The van der Waals surface area contributed by atoms with Crippen LogP contribution < -0.4 is 0 Å². The topological polar surface area (TPSA) is 124 Å². The molecule has 1 saturated heterocycles. The third-order valence-corrected chi connectivity index (χ3v) is 3.97. The van der Waals surface area contributed by atoms with Crippen LogP contribution in [0.4, 0.5) is 0 Å². The Balaban J connectivity index is 3.14. The molecule has 0 aliphatic carbocycles. The largest absolute Gasteiger partial charge is 0.469 e.